The van der Waals surface area contributed by atoms with Crippen molar-refractivity contribution in [3.05, 3.63) is 42.6 Å². The molecule has 2 N–H and O–H groups in total. The minimum absolute atomic E-state index is 0.00796. The fourth-order valence-electron chi connectivity index (χ4n) is 5.28. The molecule has 44 heavy (non-hydrogen) atoms. The highest BCUT2D eigenvalue weighted by atomic mass is 32.2. The first-order valence-electron chi connectivity index (χ1n) is 14.0. The third-order valence-corrected chi connectivity index (χ3v) is 9.02. The van der Waals surface area contributed by atoms with E-state index in [0.29, 0.717) is 24.3 Å². The number of halogens is 3. The van der Waals surface area contributed by atoms with Crippen LogP contribution in [-0.4, -0.2) is 64.5 Å². The molecule has 1 aliphatic heterocycles. The van der Waals surface area contributed by atoms with Crippen molar-refractivity contribution >= 4 is 50.0 Å². The predicted molar refractivity (Wildman–Crippen MR) is 158 cm³/mol. The summed E-state index contributed by atoms with van der Waals surface area (Å²) in [6.45, 7) is 0.373. The molecule has 0 bridgehead atoms. The van der Waals surface area contributed by atoms with Crippen LogP contribution >= 0.6 is 0 Å². The van der Waals surface area contributed by atoms with Crippen molar-refractivity contribution in [1.82, 2.24) is 24.1 Å². The van der Waals surface area contributed by atoms with E-state index in [1.807, 2.05) is 0 Å². The Balaban J connectivity index is 1.51. The maximum atomic E-state index is 14.4. The molecule has 4 aromatic rings. The maximum absolute atomic E-state index is 14.4. The molecule has 1 saturated heterocycles. The molecule has 0 radical (unpaired) electrons. The summed E-state index contributed by atoms with van der Waals surface area (Å²) < 4.78 is 77.7. The molecule has 234 valence electrons. The molecule has 0 spiro atoms. The Morgan fingerprint density at radius 2 is 1.95 bits per heavy atom. The number of pyridine rings is 1. The maximum Gasteiger partial charge on any atom is 0.295 e. The number of carbonyl (C=O) groups is 1. The van der Waals surface area contributed by atoms with E-state index in [2.05, 4.69) is 25.6 Å². The van der Waals surface area contributed by atoms with Crippen molar-refractivity contribution in [2.75, 3.05) is 34.8 Å². The summed E-state index contributed by atoms with van der Waals surface area (Å²) in [5.74, 6) is -1.97. The highest BCUT2D eigenvalue weighted by Crippen LogP contribution is 2.40. The fraction of sp³-hybridized carbons (Fsp3) is 0.429. The quantitative estimate of drug-likeness (QED) is 0.266. The molecule has 1 amide bonds. The Hall–Kier alpha value is -4.18. The third kappa shape index (κ3) is 5.70. The second-order valence-electron chi connectivity index (χ2n) is 11.0. The minimum atomic E-state index is -3.74. The average Bonchev–Trinajstić information content (AvgIpc) is 3.37. The number of carbonyl (C=O) groups excluding carboxylic acids is 1. The van der Waals surface area contributed by atoms with Gasteiger partial charge in [0.25, 0.3) is 6.43 Å². The standard InChI is InChI=1S/C28H31F3N8O4S/c1-37-14-32-13-21(37)15-7-8-18(20(10-15)38(2)44(3,41)42)33-19-12-22(35-28(40)16-11-17(16)29)34-26-24(19)36-27(25(30)31)39(26)23-6-4-5-9-43-23/h7-8,10,12-14,16-17,23,25H,4-6,9,11H2,1-3H3,(H2,33,34,35,40)/t16?,17-,23?/m0/s1. The molecular weight excluding hydrogens is 601 g/mol. The molecule has 1 aliphatic carbocycles. The van der Waals surface area contributed by atoms with E-state index in [1.54, 1.807) is 42.3 Å². The number of aryl methyl sites for hydroxylation is 1. The number of aromatic nitrogens is 5. The summed E-state index contributed by atoms with van der Waals surface area (Å²) >= 11 is 0. The van der Waals surface area contributed by atoms with Crippen molar-refractivity contribution in [3.8, 4) is 11.3 Å². The second kappa shape index (κ2) is 11.4. The number of nitrogens with zero attached hydrogens (tertiary/aromatic N) is 6. The number of fused-ring (bicyclic) bond motifs is 1. The van der Waals surface area contributed by atoms with Gasteiger partial charge in [0.05, 0.1) is 47.5 Å². The zero-order valence-electron chi connectivity index (χ0n) is 24.2. The van der Waals surface area contributed by atoms with Crippen molar-refractivity contribution in [1.29, 1.82) is 0 Å². The van der Waals surface area contributed by atoms with E-state index in [-0.39, 0.29) is 34.8 Å². The average molecular weight is 633 g/mol. The lowest BCUT2D eigenvalue weighted by Crippen LogP contribution is -2.25. The number of hydrogen-bond acceptors (Lipinski definition) is 8. The van der Waals surface area contributed by atoms with Crippen molar-refractivity contribution in [2.45, 2.75) is 44.5 Å². The van der Waals surface area contributed by atoms with Gasteiger partial charge in [-0.1, -0.05) is 6.07 Å². The number of sulfonamides is 1. The lowest BCUT2D eigenvalue weighted by Gasteiger charge is -2.25. The Bertz CT molecular complexity index is 1840. The van der Waals surface area contributed by atoms with Gasteiger partial charge in [0.2, 0.25) is 15.9 Å². The van der Waals surface area contributed by atoms with Crippen LogP contribution in [0.5, 0.6) is 0 Å². The number of rotatable bonds is 9. The summed E-state index contributed by atoms with van der Waals surface area (Å²) in [4.78, 5) is 25.5. The SMILES string of the molecule is CN(c1cc(-c2cncn2C)ccc1Nc1cc(NC(=O)C2C[C@@H]2F)nc2c1nc(C(F)F)n2C1CCCCO1)S(C)(=O)=O. The Labute approximate surface area is 251 Å². The van der Waals surface area contributed by atoms with Gasteiger partial charge in [-0.2, -0.15) is 0 Å². The number of hydrogen-bond donors (Lipinski definition) is 2. The largest absolute Gasteiger partial charge is 0.358 e. The van der Waals surface area contributed by atoms with Crippen LogP contribution in [0.1, 0.15) is 44.2 Å². The molecule has 2 fully saturated rings. The monoisotopic (exact) mass is 632 g/mol. The van der Waals surface area contributed by atoms with Gasteiger partial charge in [0.15, 0.2) is 11.5 Å². The van der Waals surface area contributed by atoms with Gasteiger partial charge >= 0.3 is 0 Å². The van der Waals surface area contributed by atoms with E-state index in [9.17, 15) is 26.4 Å². The van der Waals surface area contributed by atoms with Crippen molar-refractivity contribution in [3.63, 3.8) is 0 Å². The molecular formula is C28H31F3N8O4S. The van der Waals surface area contributed by atoms with Crippen LogP contribution < -0.4 is 14.9 Å². The first-order chi connectivity index (χ1) is 20.9. The van der Waals surface area contributed by atoms with Gasteiger partial charge in [0, 0.05) is 32.3 Å². The van der Waals surface area contributed by atoms with Gasteiger partial charge in [-0.15, -0.1) is 0 Å². The van der Waals surface area contributed by atoms with Crippen LogP contribution in [0.25, 0.3) is 22.4 Å². The van der Waals surface area contributed by atoms with Crippen LogP contribution in [0.15, 0.2) is 36.8 Å². The van der Waals surface area contributed by atoms with Crippen LogP contribution in [-0.2, 0) is 26.6 Å². The molecule has 1 saturated carbocycles. The second-order valence-corrected chi connectivity index (χ2v) is 13.0. The Morgan fingerprint density at radius 3 is 2.57 bits per heavy atom. The molecule has 16 heteroatoms. The molecule has 1 aromatic carbocycles. The van der Waals surface area contributed by atoms with E-state index in [1.165, 1.54) is 17.7 Å². The highest BCUT2D eigenvalue weighted by Gasteiger charge is 2.44. The zero-order valence-corrected chi connectivity index (χ0v) is 25.0. The van der Waals surface area contributed by atoms with E-state index < -0.39 is 46.5 Å². The number of nitrogens with one attached hydrogen (secondary N) is 2. The van der Waals surface area contributed by atoms with Gasteiger partial charge in [-0.3, -0.25) is 13.7 Å². The van der Waals surface area contributed by atoms with Gasteiger partial charge < -0.3 is 19.9 Å². The molecule has 2 unspecified atom stereocenters. The van der Waals surface area contributed by atoms with Crippen molar-refractivity contribution < 1.29 is 31.1 Å². The normalized spacial score (nSPS) is 20.2. The molecule has 12 nitrogen and oxygen atoms in total. The molecule has 4 heterocycles. The lowest BCUT2D eigenvalue weighted by atomic mass is 10.1. The van der Waals surface area contributed by atoms with Gasteiger partial charge in [0.1, 0.15) is 23.7 Å². The number of imidazole rings is 2. The number of anilines is 4. The van der Waals surface area contributed by atoms with Crippen LogP contribution in [0.2, 0.25) is 0 Å². The van der Waals surface area contributed by atoms with E-state index >= 15 is 0 Å². The van der Waals surface area contributed by atoms with E-state index in [4.69, 9.17) is 4.74 Å². The third-order valence-electron chi connectivity index (χ3n) is 7.83. The van der Waals surface area contributed by atoms with Crippen molar-refractivity contribution in [2.24, 2.45) is 13.0 Å². The Morgan fingerprint density at radius 1 is 1.18 bits per heavy atom. The Kier molecular flexibility index (Phi) is 7.73. The molecule has 3 atom stereocenters. The fourth-order valence-corrected chi connectivity index (χ4v) is 5.78. The highest BCUT2D eigenvalue weighted by molar-refractivity contribution is 7.92. The minimum Gasteiger partial charge on any atom is -0.358 e. The zero-order chi connectivity index (χ0) is 31.3. The first-order valence-corrected chi connectivity index (χ1v) is 15.9. The van der Waals surface area contributed by atoms with Crippen LogP contribution in [0.4, 0.5) is 36.1 Å². The predicted octanol–water partition coefficient (Wildman–Crippen LogP) is 4.90. The molecule has 6 rings (SSSR count). The summed E-state index contributed by atoms with van der Waals surface area (Å²) in [5.41, 5.74) is 2.24. The molecule has 2 aliphatic rings. The van der Waals surface area contributed by atoms with Gasteiger partial charge in [-0.25, -0.2) is 36.5 Å². The number of amides is 1. The lowest BCUT2D eigenvalue weighted by molar-refractivity contribution is -0.117. The van der Waals surface area contributed by atoms with Gasteiger partial charge in [-0.05, 0) is 37.8 Å². The summed E-state index contributed by atoms with van der Waals surface area (Å²) in [5, 5.41) is 5.75. The van der Waals surface area contributed by atoms with Crippen LogP contribution in [0, 0.1) is 5.92 Å². The first kappa shape index (κ1) is 29.9. The summed E-state index contributed by atoms with van der Waals surface area (Å²) in [7, 11) is -0.543. The number of ether oxygens (including phenoxy) is 1. The molecule has 3 aromatic heterocycles. The smallest absolute Gasteiger partial charge is 0.295 e. The van der Waals surface area contributed by atoms with Crippen LogP contribution in [0.3, 0.4) is 0 Å². The number of alkyl halides is 3. The topological polar surface area (TPSA) is 136 Å². The summed E-state index contributed by atoms with van der Waals surface area (Å²) in [6.07, 6.45) is 1.41. The van der Waals surface area contributed by atoms with E-state index in [0.717, 1.165) is 29.1 Å². The number of benzene rings is 1. The summed E-state index contributed by atoms with van der Waals surface area (Å²) in [6, 6.07) is 6.48.